The van der Waals surface area contributed by atoms with E-state index in [4.69, 9.17) is 0 Å². The lowest BCUT2D eigenvalue weighted by molar-refractivity contribution is -0.135. The molecule has 1 aromatic carbocycles. The summed E-state index contributed by atoms with van der Waals surface area (Å²) in [6.45, 7) is -0.255. The SMILES string of the molecule is O=C(CN1CC2(CC2)c2cc(Br)ccc2C1=O)NCCC(F)(F)F. The fourth-order valence-electron chi connectivity index (χ4n) is 3.11. The summed E-state index contributed by atoms with van der Waals surface area (Å²) in [6, 6.07) is 5.45. The second kappa shape index (κ2) is 6.06. The second-order valence-corrected chi connectivity index (χ2v) is 7.26. The number of fused-ring (bicyclic) bond motifs is 2. The number of nitrogens with zero attached hydrogens (tertiary/aromatic N) is 1. The van der Waals surface area contributed by atoms with Crippen LogP contribution in [-0.2, 0) is 10.2 Å². The predicted molar refractivity (Wildman–Crippen MR) is 84.6 cm³/mol. The minimum absolute atomic E-state index is 0.112. The van der Waals surface area contributed by atoms with E-state index in [2.05, 4.69) is 21.2 Å². The molecule has 130 valence electrons. The third kappa shape index (κ3) is 3.58. The van der Waals surface area contributed by atoms with Crippen LogP contribution in [0.5, 0.6) is 0 Å². The normalized spacial score (nSPS) is 18.5. The van der Waals surface area contributed by atoms with Crippen molar-refractivity contribution in [3.63, 3.8) is 0 Å². The van der Waals surface area contributed by atoms with Crippen LogP contribution in [0.15, 0.2) is 22.7 Å². The summed E-state index contributed by atoms with van der Waals surface area (Å²) in [5.41, 5.74) is 1.46. The van der Waals surface area contributed by atoms with Crippen molar-refractivity contribution in [1.82, 2.24) is 10.2 Å². The first kappa shape index (κ1) is 17.3. The molecule has 2 aliphatic rings. The number of carbonyl (C=O) groups is 2. The zero-order valence-corrected chi connectivity index (χ0v) is 14.3. The van der Waals surface area contributed by atoms with Gasteiger partial charge in [-0.1, -0.05) is 15.9 Å². The standard InChI is InChI=1S/C16H16BrF3N2O2/c17-10-1-2-11-12(7-10)15(3-4-15)9-22(14(11)24)8-13(23)21-6-5-16(18,19)20/h1-2,7H,3-6,8-9H2,(H,21,23). The Bertz CT molecular complexity index is 686. The molecule has 0 bridgehead atoms. The molecule has 1 heterocycles. The fraction of sp³-hybridized carbons (Fsp3) is 0.500. The van der Waals surface area contributed by atoms with Crippen LogP contribution in [-0.4, -0.2) is 42.5 Å². The maximum absolute atomic E-state index is 12.6. The molecule has 0 unspecified atom stereocenters. The Morgan fingerprint density at radius 1 is 1.33 bits per heavy atom. The summed E-state index contributed by atoms with van der Waals surface area (Å²) in [7, 11) is 0. The van der Waals surface area contributed by atoms with E-state index in [0.29, 0.717) is 12.1 Å². The molecule has 1 fully saturated rings. The van der Waals surface area contributed by atoms with E-state index < -0.39 is 25.0 Å². The van der Waals surface area contributed by atoms with Gasteiger partial charge in [0.25, 0.3) is 5.91 Å². The highest BCUT2D eigenvalue weighted by Crippen LogP contribution is 2.52. The lowest BCUT2D eigenvalue weighted by Gasteiger charge is -2.34. The van der Waals surface area contributed by atoms with E-state index in [1.807, 2.05) is 6.07 Å². The van der Waals surface area contributed by atoms with Crippen LogP contribution >= 0.6 is 15.9 Å². The van der Waals surface area contributed by atoms with Gasteiger partial charge in [-0.25, -0.2) is 0 Å². The summed E-state index contributed by atoms with van der Waals surface area (Å²) in [5, 5.41) is 2.23. The number of carbonyl (C=O) groups excluding carboxylic acids is 2. The van der Waals surface area contributed by atoms with Gasteiger partial charge in [0.15, 0.2) is 0 Å². The number of nitrogens with one attached hydrogen (secondary N) is 1. The number of hydrogen-bond acceptors (Lipinski definition) is 2. The molecule has 3 rings (SSSR count). The molecule has 24 heavy (non-hydrogen) atoms. The first-order chi connectivity index (χ1) is 11.2. The maximum atomic E-state index is 12.6. The van der Waals surface area contributed by atoms with Gasteiger partial charge in [-0.15, -0.1) is 0 Å². The highest BCUT2D eigenvalue weighted by atomic mass is 79.9. The Balaban J connectivity index is 1.67. The highest BCUT2D eigenvalue weighted by molar-refractivity contribution is 9.10. The molecule has 2 amide bonds. The lowest BCUT2D eigenvalue weighted by atomic mass is 9.86. The van der Waals surface area contributed by atoms with Crippen molar-refractivity contribution in [2.24, 2.45) is 0 Å². The zero-order valence-electron chi connectivity index (χ0n) is 12.8. The molecule has 1 N–H and O–H groups in total. The van der Waals surface area contributed by atoms with Crippen LogP contribution in [0.4, 0.5) is 13.2 Å². The molecule has 0 aromatic heterocycles. The third-order valence-electron chi connectivity index (χ3n) is 4.48. The van der Waals surface area contributed by atoms with Crippen molar-refractivity contribution in [3.8, 4) is 0 Å². The number of hydrogen-bond donors (Lipinski definition) is 1. The molecule has 8 heteroatoms. The Kier molecular flexibility index (Phi) is 4.36. The number of benzene rings is 1. The van der Waals surface area contributed by atoms with Crippen LogP contribution < -0.4 is 5.32 Å². The summed E-state index contributed by atoms with van der Waals surface area (Å²) in [6.07, 6.45) is -3.50. The predicted octanol–water partition coefficient (Wildman–Crippen LogP) is 3.01. The molecule has 1 saturated carbocycles. The molecular weight excluding hydrogens is 389 g/mol. The Hall–Kier alpha value is -1.57. The molecule has 1 aromatic rings. The zero-order chi connectivity index (χ0) is 17.5. The number of halogens is 4. The fourth-order valence-corrected chi connectivity index (χ4v) is 3.47. The van der Waals surface area contributed by atoms with Crippen LogP contribution in [0.1, 0.15) is 35.2 Å². The van der Waals surface area contributed by atoms with Gasteiger partial charge in [-0.3, -0.25) is 9.59 Å². The average molecular weight is 405 g/mol. The highest BCUT2D eigenvalue weighted by Gasteiger charge is 2.51. The smallest absolute Gasteiger partial charge is 0.354 e. The molecule has 1 spiro atoms. The van der Waals surface area contributed by atoms with Gasteiger partial charge < -0.3 is 10.2 Å². The number of amides is 2. The third-order valence-corrected chi connectivity index (χ3v) is 4.98. The van der Waals surface area contributed by atoms with E-state index in [1.165, 1.54) is 4.90 Å². The Labute approximate surface area is 145 Å². The first-order valence-electron chi connectivity index (χ1n) is 7.63. The van der Waals surface area contributed by atoms with Crippen molar-refractivity contribution in [2.75, 3.05) is 19.6 Å². The topological polar surface area (TPSA) is 49.4 Å². The van der Waals surface area contributed by atoms with Gasteiger partial charge in [0, 0.05) is 28.5 Å². The Morgan fingerprint density at radius 2 is 2.04 bits per heavy atom. The number of alkyl halides is 3. The van der Waals surface area contributed by atoms with E-state index in [-0.39, 0.29) is 17.9 Å². The van der Waals surface area contributed by atoms with Crippen LogP contribution in [0, 0.1) is 0 Å². The molecule has 0 atom stereocenters. The van der Waals surface area contributed by atoms with E-state index in [1.54, 1.807) is 12.1 Å². The van der Waals surface area contributed by atoms with Crippen molar-refractivity contribution >= 4 is 27.7 Å². The average Bonchev–Trinajstić information content (AvgIpc) is 3.24. The summed E-state index contributed by atoms with van der Waals surface area (Å²) in [4.78, 5) is 25.9. The van der Waals surface area contributed by atoms with E-state index in [0.717, 1.165) is 22.9 Å². The molecule has 4 nitrogen and oxygen atoms in total. The lowest BCUT2D eigenvalue weighted by Crippen LogP contribution is -2.48. The molecule has 0 radical (unpaired) electrons. The number of rotatable bonds is 4. The van der Waals surface area contributed by atoms with Gasteiger partial charge in [0.2, 0.25) is 5.91 Å². The van der Waals surface area contributed by atoms with Crippen molar-refractivity contribution in [2.45, 2.75) is 30.9 Å². The van der Waals surface area contributed by atoms with Crippen LogP contribution in [0.25, 0.3) is 0 Å². The monoisotopic (exact) mass is 404 g/mol. The minimum atomic E-state index is -4.31. The maximum Gasteiger partial charge on any atom is 0.390 e. The summed E-state index contributed by atoms with van der Waals surface area (Å²) < 4.78 is 37.2. The molecular formula is C16H16BrF3N2O2. The molecule has 0 saturated heterocycles. The van der Waals surface area contributed by atoms with Gasteiger partial charge in [-0.2, -0.15) is 13.2 Å². The quantitative estimate of drug-likeness (QED) is 0.838. The minimum Gasteiger partial charge on any atom is -0.354 e. The molecule has 1 aliphatic heterocycles. The largest absolute Gasteiger partial charge is 0.390 e. The Morgan fingerprint density at radius 3 is 2.67 bits per heavy atom. The first-order valence-corrected chi connectivity index (χ1v) is 8.42. The molecule has 1 aliphatic carbocycles. The van der Waals surface area contributed by atoms with Gasteiger partial charge in [0.1, 0.15) is 0 Å². The summed E-state index contributed by atoms with van der Waals surface area (Å²) >= 11 is 3.41. The van der Waals surface area contributed by atoms with Gasteiger partial charge in [0.05, 0.1) is 13.0 Å². The van der Waals surface area contributed by atoms with E-state index >= 15 is 0 Å². The van der Waals surface area contributed by atoms with Gasteiger partial charge >= 0.3 is 6.18 Å². The van der Waals surface area contributed by atoms with E-state index in [9.17, 15) is 22.8 Å². The van der Waals surface area contributed by atoms with Crippen LogP contribution in [0.3, 0.4) is 0 Å². The van der Waals surface area contributed by atoms with Crippen molar-refractivity contribution < 1.29 is 22.8 Å². The van der Waals surface area contributed by atoms with Crippen molar-refractivity contribution in [3.05, 3.63) is 33.8 Å². The van der Waals surface area contributed by atoms with Crippen molar-refractivity contribution in [1.29, 1.82) is 0 Å². The van der Waals surface area contributed by atoms with Crippen LogP contribution in [0.2, 0.25) is 0 Å². The summed E-state index contributed by atoms with van der Waals surface area (Å²) in [5.74, 6) is -0.815. The van der Waals surface area contributed by atoms with Gasteiger partial charge in [-0.05, 0) is 36.6 Å². The second-order valence-electron chi connectivity index (χ2n) is 6.35.